The third-order valence-corrected chi connectivity index (χ3v) is 5.18. The predicted molar refractivity (Wildman–Crippen MR) is 100 cm³/mol. The van der Waals surface area contributed by atoms with Gasteiger partial charge in [0.2, 0.25) is 0 Å². The Kier molecular flexibility index (Phi) is 4.86. The molecule has 28 heavy (non-hydrogen) atoms. The second-order valence-electron chi connectivity index (χ2n) is 6.76. The first kappa shape index (κ1) is 18.6. The molecule has 0 radical (unpaired) electrons. The van der Waals surface area contributed by atoms with Gasteiger partial charge in [0.05, 0.1) is 29.3 Å². The van der Waals surface area contributed by atoms with E-state index in [0.29, 0.717) is 40.9 Å². The van der Waals surface area contributed by atoms with E-state index in [1.807, 2.05) is 0 Å². The van der Waals surface area contributed by atoms with E-state index < -0.39 is 29.9 Å². The number of hydrogen-bond acceptors (Lipinski definition) is 6. The molecule has 3 heterocycles. The predicted octanol–water partition coefficient (Wildman–Crippen LogP) is 2.84. The Morgan fingerprint density at radius 1 is 1.32 bits per heavy atom. The van der Waals surface area contributed by atoms with Crippen LogP contribution in [0.5, 0.6) is 0 Å². The summed E-state index contributed by atoms with van der Waals surface area (Å²) >= 11 is 6.01. The smallest absolute Gasteiger partial charge is 0.309 e. The number of carbonyl (C=O) groups is 1. The largest absolute Gasteiger partial charge is 0.481 e. The zero-order valence-electron chi connectivity index (χ0n) is 14.6. The van der Waals surface area contributed by atoms with E-state index in [0.717, 1.165) is 6.20 Å². The second-order valence-corrected chi connectivity index (χ2v) is 7.20. The molecule has 10 heteroatoms. The number of aliphatic hydroxyl groups is 1. The number of nitrogens with zero attached hydrogens (tertiary/aromatic N) is 3. The van der Waals surface area contributed by atoms with Crippen molar-refractivity contribution in [1.29, 1.82) is 0 Å². The van der Waals surface area contributed by atoms with Crippen LogP contribution in [0.3, 0.4) is 0 Å². The summed E-state index contributed by atoms with van der Waals surface area (Å²) in [4.78, 5) is 26.7. The molecule has 0 aliphatic heterocycles. The highest BCUT2D eigenvalue weighted by molar-refractivity contribution is 6.31. The van der Waals surface area contributed by atoms with Crippen LogP contribution in [-0.2, 0) is 4.79 Å². The van der Waals surface area contributed by atoms with Crippen molar-refractivity contribution in [1.82, 2.24) is 19.9 Å². The monoisotopic (exact) mass is 405 g/mol. The van der Waals surface area contributed by atoms with Gasteiger partial charge < -0.3 is 20.5 Å². The molecule has 0 aromatic carbocycles. The first-order chi connectivity index (χ1) is 13.4. The number of carboxylic acids is 1. The summed E-state index contributed by atoms with van der Waals surface area (Å²) in [7, 11) is 0. The normalized spacial score (nSPS) is 22.3. The van der Waals surface area contributed by atoms with Crippen LogP contribution in [0.25, 0.3) is 22.4 Å². The van der Waals surface area contributed by atoms with Gasteiger partial charge >= 0.3 is 5.97 Å². The van der Waals surface area contributed by atoms with E-state index in [-0.39, 0.29) is 11.6 Å². The van der Waals surface area contributed by atoms with Gasteiger partial charge in [-0.1, -0.05) is 18.0 Å². The number of carboxylic acid groups (broad SMARTS) is 1. The van der Waals surface area contributed by atoms with Crippen LogP contribution >= 0.6 is 11.6 Å². The van der Waals surface area contributed by atoms with Crippen molar-refractivity contribution in [2.45, 2.75) is 31.4 Å². The lowest BCUT2D eigenvalue weighted by atomic mass is 9.83. The number of aromatic amines is 1. The lowest BCUT2D eigenvalue weighted by Gasteiger charge is -2.33. The van der Waals surface area contributed by atoms with Gasteiger partial charge in [0.25, 0.3) is 0 Å². The van der Waals surface area contributed by atoms with Crippen molar-refractivity contribution in [3.05, 3.63) is 35.5 Å². The highest BCUT2D eigenvalue weighted by Crippen LogP contribution is 2.30. The summed E-state index contributed by atoms with van der Waals surface area (Å²) in [6.45, 7) is 0. The Morgan fingerprint density at radius 2 is 2.14 bits per heavy atom. The Balaban J connectivity index is 1.66. The van der Waals surface area contributed by atoms with Crippen molar-refractivity contribution in [2.24, 2.45) is 5.92 Å². The molecule has 3 aromatic rings. The lowest BCUT2D eigenvalue weighted by Crippen LogP contribution is -2.45. The van der Waals surface area contributed by atoms with Crippen LogP contribution in [0.2, 0.25) is 5.02 Å². The van der Waals surface area contributed by atoms with Crippen LogP contribution in [0.4, 0.5) is 10.2 Å². The summed E-state index contributed by atoms with van der Waals surface area (Å²) in [5.41, 5.74) is 1.19. The number of halogens is 2. The van der Waals surface area contributed by atoms with Gasteiger partial charge in [-0.3, -0.25) is 4.79 Å². The van der Waals surface area contributed by atoms with Crippen molar-refractivity contribution in [3.63, 3.8) is 0 Å². The van der Waals surface area contributed by atoms with Crippen LogP contribution < -0.4 is 5.32 Å². The van der Waals surface area contributed by atoms with E-state index in [9.17, 15) is 19.4 Å². The summed E-state index contributed by atoms with van der Waals surface area (Å²) in [5, 5.41) is 23.6. The molecule has 0 spiro atoms. The molecule has 1 aliphatic rings. The van der Waals surface area contributed by atoms with E-state index in [4.69, 9.17) is 11.6 Å². The average Bonchev–Trinajstić information content (AvgIpc) is 3.08. The van der Waals surface area contributed by atoms with E-state index >= 15 is 0 Å². The molecule has 8 nitrogen and oxygen atoms in total. The van der Waals surface area contributed by atoms with Crippen molar-refractivity contribution in [3.8, 4) is 11.4 Å². The molecule has 1 saturated carbocycles. The van der Waals surface area contributed by atoms with Gasteiger partial charge in [-0.05, 0) is 18.9 Å². The summed E-state index contributed by atoms with van der Waals surface area (Å²) in [5.74, 6) is -2.49. The van der Waals surface area contributed by atoms with Gasteiger partial charge in [0.1, 0.15) is 5.65 Å². The van der Waals surface area contributed by atoms with Crippen LogP contribution in [0.15, 0.2) is 24.7 Å². The third-order valence-electron chi connectivity index (χ3n) is 4.98. The number of pyridine rings is 1. The minimum absolute atomic E-state index is 0.0931. The molecule has 0 bridgehead atoms. The summed E-state index contributed by atoms with van der Waals surface area (Å²) in [6, 6.07) is 1.09. The molecule has 0 amide bonds. The number of aliphatic hydroxyl groups excluding tert-OH is 1. The van der Waals surface area contributed by atoms with Crippen molar-refractivity contribution in [2.75, 3.05) is 5.32 Å². The van der Waals surface area contributed by atoms with Crippen molar-refractivity contribution < 1.29 is 19.4 Å². The number of aliphatic carboxylic acids is 1. The van der Waals surface area contributed by atoms with Gasteiger partial charge in [-0.15, -0.1) is 0 Å². The quantitative estimate of drug-likeness (QED) is 0.526. The van der Waals surface area contributed by atoms with E-state index in [1.165, 1.54) is 6.20 Å². The third kappa shape index (κ3) is 3.38. The number of hydrogen-bond donors (Lipinski definition) is 4. The van der Waals surface area contributed by atoms with Crippen LogP contribution in [0, 0.1) is 11.7 Å². The molecule has 3 aromatic heterocycles. The Morgan fingerprint density at radius 3 is 2.93 bits per heavy atom. The number of aromatic nitrogens is 4. The van der Waals surface area contributed by atoms with Gasteiger partial charge in [0.15, 0.2) is 17.5 Å². The Labute approximate surface area is 163 Å². The molecule has 4 rings (SSSR count). The number of nitrogens with one attached hydrogen (secondary N) is 2. The summed E-state index contributed by atoms with van der Waals surface area (Å²) in [6.07, 6.45) is 4.56. The van der Waals surface area contributed by atoms with Crippen LogP contribution in [-0.4, -0.2) is 48.3 Å². The van der Waals surface area contributed by atoms with Crippen LogP contribution in [0.1, 0.15) is 19.3 Å². The molecule has 1 fully saturated rings. The zero-order chi connectivity index (χ0) is 19.8. The lowest BCUT2D eigenvalue weighted by molar-refractivity contribution is -0.147. The van der Waals surface area contributed by atoms with Crippen molar-refractivity contribution >= 4 is 34.4 Å². The molecule has 1 aliphatic carbocycles. The Bertz CT molecular complexity index is 1040. The minimum Gasteiger partial charge on any atom is -0.481 e. The van der Waals surface area contributed by atoms with E-state index in [2.05, 4.69) is 25.3 Å². The zero-order valence-corrected chi connectivity index (χ0v) is 15.3. The van der Waals surface area contributed by atoms with Gasteiger partial charge in [0, 0.05) is 23.3 Å². The molecule has 3 unspecified atom stereocenters. The fourth-order valence-corrected chi connectivity index (χ4v) is 3.70. The first-order valence-electron chi connectivity index (χ1n) is 8.77. The fraction of sp³-hybridized carbons (Fsp3) is 0.333. The highest BCUT2D eigenvalue weighted by atomic mass is 35.5. The Hall–Kier alpha value is -2.78. The average molecular weight is 406 g/mol. The summed E-state index contributed by atoms with van der Waals surface area (Å²) < 4.78 is 14.3. The highest BCUT2D eigenvalue weighted by Gasteiger charge is 2.36. The van der Waals surface area contributed by atoms with Gasteiger partial charge in [-0.25, -0.2) is 19.3 Å². The van der Waals surface area contributed by atoms with Gasteiger partial charge in [-0.2, -0.15) is 0 Å². The fourth-order valence-electron chi connectivity index (χ4n) is 3.54. The first-order valence-corrected chi connectivity index (χ1v) is 9.15. The molecule has 0 saturated heterocycles. The number of fused-ring (bicyclic) bond motifs is 1. The number of rotatable bonds is 4. The minimum atomic E-state index is -1.14. The number of anilines is 1. The molecular weight excluding hydrogens is 389 g/mol. The maximum atomic E-state index is 14.3. The topological polar surface area (TPSA) is 124 Å². The molecule has 3 atom stereocenters. The maximum Gasteiger partial charge on any atom is 0.309 e. The standard InChI is InChI=1S/C18H17ClFN5O3/c19-8-4-10-11(6-22-15(10)21-5-8)16-23-7-12(20)17(25-16)24-13-3-1-2-9(14(13)26)18(27)28/h4-7,9,13-14,26H,1-3H2,(H,21,22)(H,27,28)(H,23,24,25). The SMILES string of the molecule is O=C(O)C1CCCC(Nc2nc(-c3c[nH]c4ncc(Cl)cc34)ncc2F)C1O. The molecule has 4 N–H and O–H groups in total. The molecule has 146 valence electrons. The second kappa shape index (κ2) is 7.33. The maximum absolute atomic E-state index is 14.3. The molecular formula is C18H17ClFN5O3. The number of H-pyrrole nitrogens is 1. The van der Waals surface area contributed by atoms with E-state index in [1.54, 1.807) is 12.3 Å².